The fraction of sp³-hybridized carbons (Fsp3) is 0.0566. The van der Waals surface area contributed by atoms with Crippen molar-refractivity contribution in [3.8, 4) is 72.8 Å². The Hall–Kier alpha value is -7.50. The van der Waals surface area contributed by atoms with Crippen molar-refractivity contribution in [1.82, 2.24) is 9.97 Å². The highest BCUT2D eigenvalue weighted by atomic mass is 16.5. The predicted molar refractivity (Wildman–Crippen MR) is 236 cm³/mol. The van der Waals surface area contributed by atoms with Crippen molar-refractivity contribution in [2.24, 2.45) is 4.99 Å². The highest BCUT2D eigenvalue weighted by Crippen LogP contribution is 2.39. The molecular formula is C53H39N3O2. The molecule has 6 aromatic carbocycles. The van der Waals surface area contributed by atoms with E-state index in [-0.39, 0.29) is 0 Å². The van der Waals surface area contributed by atoms with Gasteiger partial charge in [-0.05, 0) is 136 Å². The molecule has 8 aromatic rings. The second kappa shape index (κ2) is 16.3. The van der Waals surface area contributed by atoms with Crippen LogP contribution >= 0.6 is 0 Å². The Morgan fingerprint density at radius 1 is 0.517 bits per heavy atom. The van der Waals surface area contributed by atoms with Crippen molar-refractivity contribution in [3.05, 3.63) is 211 Å². The largest absolute Gasteiger partial charge is 0.423 e. The summed E-state index contributed by atoms with van der Waals surface area (Å²) < 4.78 is 6.08. The summed E-state index contributed by atoms with van der Waals surface area (Å²) in [5, 5.41) is 0. The number of nitrogens with zero attached hydrogens (tertiary/aromatic N) is 3. The van der Waals surface area contributed by atoms with Crippen molar-refractivity contribution in [3.63, 3.8) is 0 Å². The molecule has 0 atom stereocenters. The normalized spacial score (nSPS) is 12.2. The van der Waals surface area contributed by atoms with Crippen LogP contribution in [0.3, 0.4) is 0 Å². The number of rotatable bonds is 9. The molecular weight excluding hydrogens is 711 g/mol. The summed E-state index contributed by atoms with van der Waals surface area (Å²) in [6.07, 6.45) is 8.84. The number of benzene rings is 6. The fourth-order valence-corrected chi connectivity index (χ4v) is 7.53. The maximum atomic E-state index is 14.2. The number of aromatic nitrogens is 2. The zero-order valence-electron chi connectivity index (χ0n) is 32.0. The first kappa shape index (κ1) is 36.2. The van der Waals surface area contributed by atoms with Crippen molar-refractivity contribution in [1.29, 1.82) is 0 Å². The van der Waals surface area contributed by atoms with Crippen LogP contribution in [0, 0.1) is 6.92 Å². The number of carbonyl (C=O) groups excluding carboxylic acids is 1. The molecule has 5 nitrogen and oxygen atoms in total. The van der Waals surface area contributed by atoms with Gasteiger partial charge in [-0.2, -0.15) is 0 Å². The average molecular weight is 750 g/mol. The Kier molecular flexibility index (Phi) is 10.2. The molecule has 0 amide bonds. The smallest absolute Gasteiger partial charge is 0.343 e. The minimum absolute atomic E-state index is 0.440. The molecule has 278 valence electrons. The molecule has 0 unspecified atom stereocenters. The van der Waals surface area contributed by atoms with Crippen molar-refractivity contribution < 1.29 is 9.53 Å². The zero-order valence-corrected chi connectivity index (χ0v) is 32.0. The van der Waals surface area contributed by atoms with E-state index in [0.29, 0.717) is 11.3 Å². The van der Waals surface area contributed by atoms with Crippen LogP contribution in [-0.2, 0) is 0 Å². The minimum Gasteiger partial charge on any atom is -0.423 e. The first-order valence-corrected chi connectivity index (χ1v) is 19.5. The van der Waals surface area contributed by atoms with Gasteiger partial charge in [-0.3, -0.25) is 15.0 Å². The number of allylic oxidation sites excluding steroid dienone is 1. The molecule has 1 aliphatic heterocycles. The van der Waals surface area contributed by atoms with Gasteiger partial charge in [0.2, 0.25) is 0 Å². The van der Waals surface area contributed by atoms with E-state index in [1.807, 2.05) is 98.0 Å². The van der Waals surface area contributed by atoms with Gasteiger partial charge in [0.25, 0.3) is 0 Å². The minimum atomic E-state index is -0.440. The number of pyridine rings is 2. The number of esters is 1. The monoisotopic (exact) mass is 749 g/mol. The summed E-state index contributed by atoms with van der Waals surface area (Å²) in [5.41, 5.74) is 15.5. The van der Waals surface area contributed by atoms with Crippen LogP contribution in [0.5, 0.6) is 5.75 Å². The van der Waals surface area contributed by atoms with E-state index in [2.05, 4.69) is 107 Å². The highest BCUT2D eigenvalue weighted by Gasteiger charge is 2.18. The van der Waals surface area contributed by atoms with E-state index in [9.17, 15) is 4.79 Å². The topological polar surface area (TPSA) is 64.4 Å². The van der Waals surface area contributed by atoms with Gasteiger partial charge in [0.05, 0.1) is 22.7 Å². The second-order valence-corrected chi connectivity index (χ2v) is 14.3. The third-order valence-corrected chi connectivity index (χ3v) is 10.5. The zero-order chi connectivity index (χ0) is 39.3. The van der Waals surface area contributed by atoms with Gasteiger partial charge < -0.3 is 4.74 Å². The maximum absolute atomic E-state index is 14.2. The Balaban J connectivity index is 1.11. The standard InChI is InChI=1S/C53H39N3O2/c1-36-11-10-32-56-52(36)41-26-28-45(29-27-41)58-53(57)44-34-42(48-14-4-2-12-46(48)37-18-22-39(23-19-37)50-16-6-8-30-54-50)33-43(35-44)49-15-5-3-13-47(49)38-20-24-40(25-21-38)51-17-7-9-31-55-51/h2-8,10-30,32-35H,9,31H2,1H3. The molecule has 9 rings (SSSR count). The Morgan fingerprint density at radius 2 is 1.07 bits per heavy atom. The second-order valence-electron chi connectivity index (χ2n) is 14.3. The molecule has 5 heteroatoms. The van der Waals surface area contributed by atoms with Gasteiger partial charge in [0, 0.05) is 30.1 Å². The van der Waals surface area contributed by atoms with Gasteiger partial charge in [-0.25, -0.2) is 4.79 Å². The third kappa shape index (κ3) is 7.66. The Morgan fingerprint density at radius 3 is 1.64 bits per heavy atom. The number of hydrogen-bond donors (Lipinski definition) is 0. The molecule has 0 N–H and O–H groups in total. The first-order valence-electron chi connectivity index (χ1n) is 19.5. The number of carbonyl (C=O) groups is 1. The van der Waals surface area contributed by atoms with Crippen LogP contribution in [-0.4, -0.2) is 28.2 Å². The molecule has 0 bridgehead atoms. The van der Waals surface area contributed by atoms with Gasteiger partial charge >= 0.3 is 5.97 Å². The Bertz CT molecular complexity index is 2810. The first-order chi connectivity index (χ1) is 28.6. The summed E-state index contributed by atoms with van der Waals surface area (Å²) in [6.45, 7) is 2.85. The van der Waals surface area contributed by atoms with Gasteiger partial charge in [-0.1, -0.05) is 115 Å². The number of aliphatic imine (C=N–C) groups is 1. The molecule has 3 heterocycles. The average Bonchev–Trinajstić information content (AvgIpc) is 3.30. The summed E-state index contributed by atoms with van der Waals surface area (Å²) >= 11 is 0. The predicted octanol–water partition coefficient (Wildman–Crippen LogP) is 12.8. The number of hydrogen-bond acceptors (Lipinski definition) is 5. The number of aryl methyl sites for hydroxylation is 1. The molecule has 0 fully saturated rings. The molecule has 2 aromatic heterocycles. The molecule has 0 spiro atoms. The van der Waals surface area contributed by atoms with E-state index in [1.54, 1.807) is 6.20 Å². The molecule has 0 aliphatic carbocycles. The van der Waals surface area contributed by atoms with Crippen LogP contribution in [0.1, 0.15) is 27.9 Å². The highest BCUT2D eigenvalue weighted by molar-refractivity contribution is 6.09. The SMILES string of the molecule is Cc1cccnc1-c1ccc(OC(=O)c2cc(-c3ccccc3-c3ccc(C4=NCCC=C4)cc3)cc(-c3ccccc3-c3ccc(-c4ccccn4)cc3)c2)cc1. The molecule has 1 aliphatic rings. The molecule has 58 heavy (non-hydrogen) atoms. The van der Waals surface area contributed by atoms with E-state index >= 15 is 0 Å². The quantitative estimate of drug-likeness (QED) is 0.109. The van der Waals surface area contributed by atoms with Crippen LogP contribution in [0.4, 0.5) is 0 Å². The van der Waals surface area contributed by atoms with E-state index in [4.69, 9.17) is 9.73 Å². The lowest BCUT2D eigenvalue weighted by atomic mass is 9.88. The van der Waals surface area contributed by atoms with Crippen molar-refractivity contribution >= 4 is 11.7 Å². The lowest BCUT2D eigenvalue weighted by molar-refractivity contribution is 0.0735. The summed E-state index contributed by atoms with van der Waals surface area (Å²) in [7, 11) is 0. The van der Waals surface area contributed by atoms with E-state index in [1.165, 1.54) is 0 Å². The lowest BCUT2D eigenvalue weighted by Gasteiger charge is -2.16. The summed E-state index contributed by atoms with van der Waals surface area (Å²) in [6, 6.07) is 57.2. The van der Waals surface area contributed by atoms with Gasteiger partial charge in [-0.15, -0.1) is 0 Å². The van der Waals surface area contributed by atoms with Crippen LogP contribution in [0.15, 0.2) is 199 Å². The summed E-state index contributed by atoms with van der Waals surface area (Å²) in [4.78, 5) is 28.0. The van der Waals surface area contributed by atoms with Crippen LogP contribution < -0.4 is 4.74 Å². The van der Waals surface area contributed by atoms with E-state index < -0.39 is 5.97 Å². The maximum Gasteiger partial charge on any atom is 0.343 e. The molecule has 0 radical (unpaired) electrons. The van der Waals surface area contributed by atoms with Gasteiger partial charge in [0.15, 0.2) is 0 Å². The van der Waals surface area contributed by atoms with Crippen LogP contribution in [0.25, 0.3) is 67.0 Å². The van der Waals surface area contributed by atoms with E-state index in [0.717, 1.165) is 96.8 Å². The fourth-order valence-electron chi connectivity index (χ4n) is 7.53. The third-order valence-electron chi connectivity index (χ3n) is 10.5. The van der Waals surface area contributed by atoms with Gasteiger partial charge in [0.1, 0.15) is 5.75 Å². The summed E-state index contributed by atoms with van der Waals surface area (Å²) in [5.74, 6) is 0.0193. The number of dihydropyridines is 1. The van der Waals surface area contributed by atoms with Crippen molar-refractivity contribution in [2.45, 2.75) is 13.3 Å². The van der Waals surface area contributed by atoms with Crippen LogP contribution in [0.2, 0.25) is 0 Å². The number of ether oxygens (including phenoxy) is 1. The lowest BCUT2D eigenvalue weighted by Crippen LogP contribution is -2.09. The molecule has 0 saturated heterocycles. The Labute approximate surface area is 338 Å². The van der Waals surface area contributed by atoms with Crippen molar-refractivity contribution in [2.75, 3.05) is 6.54 Å². The molecule has 0 saturated carbocycles.